The molecule has 1 aromatic rings. The van der Waals surface area contributed by atoms with Gasteiger partial charge in [0.15, 0.2) is 5.82 Å². The molecule has 1 heterocycles. The van der Waals surface area contributed by atoms with E-state index < -0.39 is 0 Å². The highest BCUT2D eigenvalue weighted by Crippen LogP contribution is 2.26. The number of anilines is 2. The Morgan fingerprint density at radius 3 is 2.55 bits per heavy atom. The Hall–Kier alpha value is -1.56. The van der Waals surface area contributed by atoms with E-state index in [0.717, 1.165) is 38.2 Å². The normalized spacial score (nSPS) is 10.8. The third-order valence-corrected chi connectivity index (χ3v) is 2.72. The average Bonchev–Trinajstić information content (AvgIpc) is 2.40. The average molecular weight is 281 g/mol. The molecule has 20 heavy (non-hydrogen) atoms. The summed E-state index contributed by atoms with van der Waals surface area (Å²) in [5.41, 5.74) is 6.58. The number of likely N-dealkylation sites (N-methyl/N-ethyl adjacent to an activating group) is 1. The van der Waals surface area contributed by atoms with Crippen LogP contribution in [0.1, 0.15) is 32.5 Å². The number of ether oxygens (including phenoxy) is 1. The van der Waals surface area contributed by atoms with Crippen molar-refractivity contribution in [3.05, 3.63) is 5.82 Å². The minimum atomic E-state index is 0.497. The number of hydrogen-bond acceptors (Lipinski definition) is 6. The first-order valence-corrected chi connectivity index (χ1v) is 7.26. The zero-order valence-electron chi connectivity index (χ0n) is 13.1. The van der Waals surface area contributed by atoms with Crippen molar-refractivity contribution < 1.29 is 4.74 Å². The summed E-state index contributed by atoms with van der Waals surface area (Å²) < 4.78 is 5.61. The molecule has 1 aromatic heterocycles. The van der Waals surface area contributed by atoms with Gasteiger partial charge in [0, 0.05) is 19.5 Å². The van der Waals surface area contributed by atoms with Gasteiger partial charge in [0.05, 0.1) is 6.61 Å². The summed E-state index contributed by atoms with van der Waals surface area (Å²) in [7, 11) is 4.06. The quantitative estimate of drug-likeness (QED) is 0.718. The van der Waals surface area contributed by atoms with Crippen LogP contribution < -0.4 is 15.8 Å². The summed E-state index contributed by atoms with van der Waals surface area (Å²) in [5.74, 6) is 1.95. The van der Waals surface area contributed by atoms with E-state index >= 15 is 0 Å². The summed E-state index contributed by atoms with van der Waals surface area (Å²) in [6.45, 7) is 6.47. The number of hydrogen-bond donors (Lipinski definition) is 2. The lowest BCUT2D eigenvalue weighted by atomic mass is 10.3. The molecule has 0 fully saturated rings. The van der Waals surface area contributed by atoms with E-state index in [9.17, 15) is 0 Å². The summed E-state index contributed by atoms with van der Waals surface area (Å²) in [5, 5.41) is 3.26. The monoisotopic (exact) mass is 281 g/mol. The molecule has 0 saturated heterocycles. The molecule has 6 nitrogen and oxygen atoms in total. The third-order valence-electron chi connectivity index (χ3n) is 2.72. The maximum Gasteiger partial charge on any atom is 0.242 e. The molecule has 1 rings (SSSR count). The van der Waals surface area contributed by atoms with Crippen LogP contribution in [-0.4, -0.2) is 48.7 Å². The van der Waals surface area contributed by atoms with Crippen molar-refractivity contribution in [2.45, 2.75) is 33.1 Å². The minimum absolute atomic E-state index is 0.497. The van der Waals surface area contributed by atoms with Crippen LogP contribution in [0.4, 0.5) is 11.5 Å². The number of nitrogen functional groups attached to an aromatic ring is 1. The molecular formula is C14H27N5O. The van der Waals surface area contributed by atoms with Crippen LogP contribution in [0.2, 0.25) is 0 Å². The highest BCUT2D eigenvalue weighted by Gasteiger charge is 2.12. The van der Waals surface area contributed by atoms with Crippen LogP contribution in [-0.2, 0) is 6.42 Å². The van der Waals surface area contributed by atoms with E-state index in [2.05, 4.69) is 34.0 Å². The van der Waals surface area contributed by atoms with Crippen molar-refractivity contribution in [1.29, 1.82) is 0 Å². The lowest BCUT2D eigenvalue weighted by Crippen LogP contribution is -2.22. The Morgan fingerprint density at radius 1 is 1.20 bits per heavy atom. The van der Waals surface area contributed by atoms with Gasteiger partial charge >= 0.3 is 0 Å². The lowest BCUT2D eigenvalue weighted by Gasteiger charge is -2.15. The number of nitrogens with one attached hydrogen (secondary N) is 1. The molecule has 0 aliphatic heterocycles. The summed E-state index contributed by atoms with van der Waals surface area (Å²) in [4.78, 5) is 11.0. The van der Waals surface area contributed by atoms with Gasteiger partial charge in [0.1, 0.15) is 11.5 Å². The zero-order chi connectivity index (χ0) is 15.0. The minimum Gasteiger partial charge on any atom is -0.476 e. The van der Waals surface area contributed by atoms with E-state index in [1.165, 1.54) is 0 Å². The summed E-state index contributed by atoms with van der Waals surface area (Å²) >= 11 is 0. The van der Waals surface area contributed by atoms with E-state index in [1.807, 2.05) is 14.1 Å². The Bertz CT molecular complexity index is 409. The maximum absolute atomic E-state index is 6.08. The molecule has 0 unspecified atom stereocenters. The van der Waals surface area contributed by atoms with Gasteiger partial charge < -0.3 is 20.7 Å². The van der Waals surface area contributed by atoms with Crippen molar-refractivity contribution in [3.63, 3.8) is 0 Å². The van der Waals surface area contributed by atoms with Crippen LogP contribution in [0.15, 0.2) is 0 Å². The molecule has 3 N–H and O–H groups in total. The molecule has 0 amide bonds. The van der Waals surface area contributed by atoms with Crippen LogP contribution in [0.25, 0.3) is 0 Å². The Labute approximate surface area is 121 Å². The smallest absolute Gasteiger partial charge is 0.242 e. The SMILES string of the molecule is CCCOc1nc(CCC)nc(NCCN(C)C)c1N. The van der Waals surface area contributed by atoms with Gasteiger partial charge in [-0.1, -0.05) is 13.8 Å². The van der Waals surface area contributed by atoms with E-state index in [-0.39, 0.29) is 0 Å². The number of aryl methyl sites for hydroxylation is 1. The molecule has 0 aromatic carbocycles. The molecular weight excluding hydrogens is 254 g/mol. The molecule has 0 spiro atoms. The molecule has 0 aliphatic rings. The van der Waals surface area contributed by atoms with Gasteiger partial charge in [0.2, 0.25) is 5.88 Å². The Balaban J connectivity index is 2.86. The molecule has 0 bridgehead atoms. The van der Waals surface area contributed by atoms with Gasteiger partial charge in [-0.3, -0.25) is 0 Å². The van der Waals surface area contributed by atoms with Crippen LogP contribution in [0, 0.1) is 0 Å². The van der Waals surface area contributed by atoms with Crippen LogP contribution in [0.3, 0.4) is 0 Å². The third kappa shape index (κ3) is 5.21. The first-order valence-electron chi connectivity index (χ1n) is 7.26. The van der Waals surface area contributed by atoms with Gasteiger partial charge in [-0.25, -0.2) is 4.98 Å². The van der Waals surface area contributed by atoms with Gasteiger partial charge in [-0.05, 0) is 26.9 Å². The van der Waals surface area contributed by atoms with E-state index in [4.69, 9.17) is 10.5 Å². The van der Waals surface area contributed by atoms with Crippen molar-refractivity contribution >= 4 is 11.5 Å². The predicted molar refractivity (Wildman–Crippen MR) is 83.3 cm³/mol. The number of nitrogens with two attached hydrogens (primary N) is 1. The maximum atomic E-state index is 6.08. The van der Waals surface area contributed by atoms with E-state index in [1.54, 1.807) is 0 Å². The number of rotatable bonds is 9. The zero-order valence-corrected chi connectivity index (χ0v) is 13.1. The molecule has 114 valence electrons. The number of aromatic nitrogens is 2. The van der Waals surface area contributed by atoms with Crippen molar-refractivity contribution in [3.8, 4) is 5.88 Å². The Morgan fingerprint density at radius 2 is 1.95 bits per heavy atom. The number of nitrogens with zero attached hydrogens (tertiary/aromatic N) is 3. The summed E-state index contributed by atoms with van der Waals surface area (Å²) in [6, 6.07) is 0. The standard InChI is InChI=1S/C14H27N5O/c1-5-7-11-17-13(16-8-9-19(3)4)12(15)14(18-11)20-10-6-2/h5-10,15H2,1-4H3,(H,16,17,18). The van der Waals surface area contributed by atoms with Crippen LogP contribution in [0.5, 0.6) is 5.88 Å². The first kappa shape index (κ1) is 16.5. The van der Waals surface area contributed by atoms with E-state index in [0.29, 0.717) is 24.0 Å². The topological polar surface area (TPSA) is 76.3 Å². The van der Waals surface area contributed by atoms with Gasteiger partial charge in [-0.15, -0.1) is 0 Å². The van der Waals surface area contributed by atoms with Crippen LogP contribution >= 0.6 is 0 Å². The highest BCUT2D eigenvalue weighted by atomic mass is 16.5. The second kappa shape index (κ2) is 8.58. The lowest BCUT2D eigenvalue weighted by molar-refractivity contribution is 0.305. The predicted octanol–water partition coefficient (Wildman–Crippen LogP) is 1.77. The fraction of sp³-hybridized carbons (Fsp3) is 0.714. The molecule has 0 radical (unpaired) electrons. The largest absolute Gasteiger partial charge is 0.476 e. The molecule has 0 saturated carbocycles. The van der Waals surface area contributed by atoms with Gasteiger partial charge in [-0.2, -0.15) is 4.98 Å². The van der Waals surface area contributed by atoms with Crippen molar-refractivity contribution in [2.24, 2.45) is 0 Å². The molecule has 0 atom stereocenters. The molecule has 0 aliphatic carbocycles. The van der Waals surface area contributed by atoms with Gasteiger partial charge in [0.25, 0.3) is 0 Å². The first-order chi connectivity index (χ1) is 9.58. The second-order valence-corrected chi connectivity index (χ2v) is 5.04. The summed E-state index contributed by atoms with van der Waals surface area (Å²) in [6.07, 6.45) is 2.75. The Kier molecular flexibility index (Phi) is 7.08. The fourth-order valence-corrected chi connectivity index (χ4v) is 1.67. The fourth-order valence-electron chi connectivity index (χ4n) is 1.67. The highest BCUT2D eigenvalue weighted by molar-refractivity contribution is 5.66. The van der Waals surface area contributed by atoms with Crippen molar-refractivity contribution in [1.82, 2.24) is 14.9 Å². The second-order valence-electron chi connectivity index (χ2n) is 5.04. The molecule has 6 heteroatoms. The van der Waals surface area contributed by atoms with Crippen molar-refractivity contribution in [2.75, 3.05) is 44.8 Å².